The van der Waals surface area contributed by atoms with Crippen molar-refractivity contribution >= 4 is 44.8 Å². The topological polar surface area (TPSA) is 50.4 Å². The number of nitrogens with one attached hydrogen (secondary N) is 2. The third-order valence-corrected chi connectivity index (χ3v) is 3.95. The second kappa shape index (κ2) is 8.30. The molecule has 2 aromatic rings. The summed E-state index contributed by atoms with van der Waals surface area (Å²) in [6.07, 6.45) is 0. The largest absolute Gasteiger partial charge is 0.433 e. The van der Waals surface area contributed by atoms with Gasteiger partial charge < -0.3 is 15.4 Å². The highest BCUT2D eigenvalue weighted by molar-refractivity contribution is 9.10. The summed E-state index contributed by atoms with van der Waals surface area (Å²) in [5, 5.41) is 5.65. The van der Waals surface area contributed by atoms with Crippen LogP contribution in [0, 0.1) is 6.92 Å². The number of anilines is 2. The van der Waals surface area contributed by atoms with Gasteiger partial charge in [0.25, 0.3) is 0 Å². The Bertz CT molecular complexity index is 744. The Morgan fingerprint density at radius 3 is 2.67 bits per heavy atom. The maximum absolute atomic E-state index is 12.2. The van der Waals surface area contributed by atoms with Crippen LogP contribution < -0.4 is 15.4 Å². The number of ether oxygens (including phenoxy) is 1. The van der Waals surface area contributed by atoms with Gasteiger partial charge in [-0.05, 0) is 58.7 Å². The van der Waals surface area contributed by atoms with Crippen molar-refractivity contribution in [1.29, 1.82) is 0 Å². The van der Waals surface area contributed by atoms with Crippen molar-refractivity contribution in [3.8, 4) is 5.75 Å². The minimum Gasteiger partial charge on any atom is -0.433 e. The van der Waals surface area contributed by atoms with Crippen molar-refractivity contribution in [3.05, 3.63) is 51.5 Å². The number of carbonyl (C=O) groups is 1. The molecular weight excluding hydrogens is 406 g/mol. The highest BCUT2D eigenvalue weighted by Gasteiger charge is 2.10. The smallest absolute Gasteiger partial charge is 0.387 e. The van der Waals surface area contributed by atoms with E-state index >= 15 is 0 Å². The van der Waals surface area contributed by atoms with Crippen molar-refractivity contribution in [1.82, 2.24) is 0 Å². The molecule has 0 aliphatic carbocycles. The summed E-state index contributed by atoms with van der Waals surface area (Å²) in [4.78, 5) is 12.0. The Balaban J connectivity index is 1.93. The predicted molar refractivity (Wildman–Crippen MR) is 94.1 cm³/mol. The lowest BCUT2D eigenvalue weighted by Crippen LogP contribution is -2.22. The fourth-order valence-corrected chi connectivity index (χ4v) is 2.72. The first-order valence-electron chi connectivity index (χ1n) is 6.89. The third-order valence-electron chi connectivity index (χ3n) is 3.00. The summed E-state index contributed by atoms with van der Waals surface area (Å²) < 4.78 is 29.4. The Labute approximate surface area is 151 Å². The van der Waals surface area contributed by atoms with Gasteiger partial charge >= 0.3 is 6.61 Å². The fraction of sp³-hybridized carbons (Fsp3) is 0.188. The Morgan fingerprint density at radius 1 is 1.29 bits per heavy atom. The Hall–Kier alpha value is -1.86. The van der Waals surface area contributed by atoms with Crippen LogP contribution in [0.15, 0.2) is 40.9 Å². The van der Waals surface area contributed by atoms with E-state index in [-0.39, 0.29) is 23.2 Å². The van der Waals surface area contributed by atoms with Crippen molar-refractivity contribution in [3.63, 3.8) is 0 Å². The molecule has 8 heteroatoms. The number of halogens is 4. The first kappa shape index (κ1) is 18.5. The Kier molecular flexibility index (Phi) is 6.39. The van der Waals surface area contributed by atoms with Crippen LogP contribution in [-0.2, 0) is 4.79 Å². The number of hydrogen-bond donors (Lipinski definition) is 2. The van der Waals surface area contributed by atoms with Crippen LogP contribution in [0.2, 0.25) is 5.02 Å². The quantitative estimate of drug-likeness (QED) is 0.688. The minimum atomic E-state index is -2.94. The number of alkyl halides is 2. The molecule has 0 radical (unpaired) electrons. The predicted octanol–water partition coefficient (Wildman–Crippen LogP) is 5.06. The SMILES string of the molecule is Cc1ccc(NC(=O)CNc2ccc(OC(F)F)c(Cl)c2)c(Br)c1. The van der Waals surface area contributed by atoms with E-state index in [0.29, 0.717) is 11.4 Å². The van der Waals surface area contributed by atoms with Crippen LogP contribution in [-0.4, -0.2) is 19.1 Å². The molecule has 0 spiro atoms. The molecule has 0 aliphatic heterocycles. The highest BCUT2D eigenvalue weighted by Crippen LogP contribution is 2.29. The molecule has 0 atom stereocenters. The summed E-state index contributed by atoms with van der Waals surface area (Å²) in [5.74, 6) is -0.381. The second-order valence-corrected chi connectivity index (χ2v) is 6.17. The van der Waals surface area contributed by atoms with Crippen LogP contribution in [0.4, 0.5) is 20.2 Å². The average molecular weight is 420 g/mol. The second-order valence-electron chi connectivity index (χ2n) is 4.91. The van der Waals surface area contributed by atoms with E-state index in [0.717, 1.165) is 10.0 Å². The van der Waals surface area contributed by atoms with Gasteiger partial charge in [-0.1, -0.05) is 17.7 Å². The van der Waals surface area contributed by atoms with E-state index in [4.69, 9.17) is 11.6 Å². The van der Waals surface area contributed by atoms with E-state index in [2.05, 4.69) is 31.3 Å². The zero-order chi connectivity index (χ0) is 17.7. The van der Waals surface area contributed by atoms with Crippen molar-refractivity contribution < 1.29 is 18.3 Å². The van der Waals surface area contributed by atoms with Crippen LogP contribution in [0.1, 0.15) is 5.56 Å². The van der Waals surface area contributed by atoms with Gasteiger partial charge in [-0.25, -0.2) is 0 Å². The molecule has 0 saturated carbocycles. The van der Waals surface area contributed by atoms with Crippen LogP contribution >= 0.6 is 27.5 Å². The normalized spacial score (nSPS) is 10.6. The summed E-state index contributed by atoms with van der Waals surface area (Å²) >= 11 is 9.23. The van der Waals surface area contributed by atoms with Gasteiger partial charge in [-0.15, -0.1) is 0 Å². The molecule has 2 N–H and O–H groups in total. The lowest BCUT2D eigenvalue weighted by Gasteiger charge is -2.11. The standard InChI is InChI=1S/C16H14BrClF2N2O2/c1-9-2-4-13(11(17)6-9)22-15(23)8-21-10-3-5-14(12(18)7-10)24-16(19)20/h2-7,16,21H,8H2,1H3,(H,22,23). The lowest BCUT2D eigenvalue weighted by atomic mass is 10.2. The number of carbonyl (C=O) groups excluding carboxylic acids is 1. The van der Waals surface area contributed by atoms with Crippen molar-refractivity contribution in [2.24, 2.45) is 0 Å². The van der Waals surface area contributed by atoms with E-state index < -0.39 is 6.61 Å². The molecule has 0 bridgehead atoms. The molecule has 2 aromatic carbocycles. The lowest BCUT2D eigenvalue weighted by molar-refractivity contribution is -0.114. The molecule has 24 heavy (non-hydrogen) atoms. The van der Waals surface area contributed by atoms with Crippen molar-refractivity contribution in [2.75, 3.05) is 17.2 Å². The molecule has 2 rings (SSSR count). The van der Waals surface area contributed by atoms with Gasteiger partial charge in [0.05, 0.1) is 17.3 Å². The average Bonchev–Trinajstić information content (AvgIpc) is 2.50. The summed E-state index contributed by atoms with van der Waals surface area (Å²) in [6, 6.07) is 9.79. The first-order chi connectivity index (χ1) is 11.3. The zero-order valence-corrected chi connectivity index (χ0v) is 14.9. The molecule has 0 unspecified atom stereocenters. The van der Waals surface area contributed by atoms with Crippen LogP contribution in [0.3, 0.4) is 0 Å². The van der Waals surface area contributed by atoms with Crippen molar-refractivity contribution in [2.45, 2.75) is 13.5 Å². The third kappa shape index (κ3) is 5.35. The maximum Gasteiger partial charge on any atom is 0.387 e. The van der Waals surface area contributed by atoms with Gasteiger partial charge in [0.15, 0.2) is 0 Å². The molecule has 0 saturated heterocycles. The van der Waals surface area contributed by atoms with Gasteiger partial charge in [0.1, 0.15) is 5.75 Å². The monoisotopic (exact) mass is 418 g/mol. The van der Waals surface area contributed by atoms with Crippen LogP contribution in [0.25, 0.3) is 0 Å². The number of benzene rings is 2. The molecular formula is C16H14BrClF2N2O2. The first-order valence-corrected chi connectivity index (χ1v) is 8.06. The molecule has 1 amide bonds. The number of aryl methyl sites for hydroxylation is 1. The van der Waals surface area contributed by atoms with E-state index in [1.54, 1.807) is 6.07 Å². The number of hydrogen-bond acceptors (Lipinski definition) is 3. The molecule has 0 fully saturated rings. The number of rotatable bonds is 6. The van der Waals surface area contributed by atoms with E-state index in [1.807, 2.05) is 19.1 Å². The number of amides is 1. The summed E-state index contributed by atoms with van der Waals surface area (Å²) in [7, 11) is 0. The Morgan fingerprint density at radius 2 is 2.04 bits per heavy atom. The minimum absolute atomic E-state index is 0.00824. The van der Waals surface area contributed by atoms with Gasteiger partial charge in [-0.2, -0.15) is 8.78 Å². The molecule has 0 aromatic heterocycles. The van der Waals surface area contributed by atoms with Gasteiger partial charge in [0.2, 0.25) is 5.91 Å². The fourth-order valence-electron chi connectivity index (χ4n) is 1.90. The zero-order valence-electron chi connectivity index (χ0n) is 12.6. The molecule has 128 valence electrons. The molecule has 0 heterocycles. The van der Waals surface area contributed by atoms with E-state index in [1.165, 1.54) is 18.2 Å². The maximum atomic E-state index is 12.2. The highest BCUT2D eigenvalue weighted by atomic mass is 79.9. The summed E-state index contributed by atoms with van der Waals surface area (Å²) in [6.45, 7) is -1.01. The van der Waals surface area contributed by atoms with Crippen LogP contribution in [0.5, 0.6) is 5.75 Å². The molecule has 0 aliphatic rings. The van der Waals surface area contributed by atoms with Gasteiger partial charge in [0, 0.05) is 10.2 Å². The molecule has 4 nitrogen and oxygen atoms in total. The van der Waals surface area contributed by atoms with Gasteiger partial charge in [-0.3, -0.25) is 4.79 Å². The van der Waals surface area contributed by atoms with E-state index in [9.17, 15) is 13.6 Å². The summed E-state index contributed by atoms with van der Waals surface area (Å²) in [5.41, 5.74) is 2.24.